The first-order valence-corrected chi connectivity index (χ1v) is 7.00. The van der Waals surface area contributed by atoms with Gasteiger partial charge in [0.05, 0.1) is 5.56 Å². The van der Waals surface area contributed by atoms with Crippen LogP contribution in [0.3, 0.4) is 0 Å². The average Bonchev–Trinajstić information content (AvgIpc) is 2.86. The Morgan fingerprint density at radius 2 is 1.61 bits per heavy atom. The first-order valence-electron chi connectivity index (χ1n) is 5.59. The zero-order chi connectivity index (χ0) is 13.6. The highest BCUT2D eigenvalue weighted by atomic mass is 31.1. The molecule has 2 rings (SSSR count). The summed E-state index contributed by atoms with van der Waals surface area (Å²) >= 11 is 0. The van der Waals surface area contributed by atoms with Crippen molar-refractivity contribution in [3.05, 3.63) is 35.4 Å². The molecular weight excluding hydrogens is 262 g/mol. The Morgan fingerprint density at radius 1 is 1.11 bits per heavy atom. The van der Waals surface area contributed by atoms with E-state index in [0.29, 0.717) is 0 Å². The molecule has 2 N–H and O–H groups in total. The van der Waals surface area contributed by atoms with Crippen LogP contribution in [0.2, 0.25) is 0 Å². The fourth-order valence-electron chi connectivity index (χ4n) is 1.45. The predicted octanol–water partition coefficient (Wildman–Crippen LogP) is 3.26. The van der Waals surface area contributed by atoms with E-state index in [4.69, 9.17) is 5.73 Å². The Bertz CT molecular complexity index is 378. The van der Waals surface area contributed by atoms with Crippen molar-refractivity contribution in [1.29, 1.82) is 0 Å². The quantitative estimate of drug-likeness (QED) is 0.787. The fraction of sp³-hybridized carbons (Fsp3) is 0.417. The van der Waals surface area contributed by atoms with Crippen molar-refractivity contribution < 1.29 is 18.0 Å². The molecule has 0 bridgehead atoms. The zero-order valence-electron chi connectivity index (χ0n) is 9.76. The SMILES string of the molecule is C1CCPC1.NC(=O)c1ccc(C(F)(F)F)cc1. The van der Waals surface area contributed by atoms with Crippen molar-refractivity contribution in [3.8, 4) is 0 Å². The summed E-state index contributed by atoms with van der Waals surface area (Å²) in [6.45, 7) is 0. The molecular formula is C12H15F3NOP. The molecule has 0 aliphatic carbocycles. The van der Waals surface area contributed by atoms with Gasteiger partial charge in [-0.05, 0) is 49.4 Å². The van der Waals surface area contributed by atoms with Gasteiger partial charge < -0.3 is 5.73 Å². The lowest BCUT2D eigenvalue weighted by Crippen LogP contribution is -2.11. The summed E-state index contributed by atoms with van der Waals surface area (Å²) in [6, 6.07) is 3.73. The van der Waals surface area contributed by atoms with Crippen LogP contribution in [-0.2, 0) is 6.18 Å². The molecule has 0 aromatic heterocycles. The van der Waals surface area contributed by atoms with Gasteiger partial charge >= 0.3 is 6.18 Å². The van der Waals surface area contributed by atoms with Crippen LogP contribution in [0, 0.1) is 0 Å². The smallest absolute Gasteiger partial charge is 0.366 e. The number of carbonyl (C=O) groups is 1. The molecule has 1 amide bonds. The molecule has 2 nitrogen and oxygen atoms in total. The number of halogens is 3. The monoisotopic (exact) mass is 277 g/mol. The van der Waals surface area contributed by atoms with Crippen LogP contribution < -0.4 is 5.73 Å². The molecule has 1 aliphatic rings. The highest BCUT2D eigenvalue weighted by Crippen LogP contribution is 2.28. The molecule has 100 valence electrons. The number of hydrogen-bond acceptors (Lipinski definition) is 1. The summed E-state index contributed by atoms with van der Waals surface area (Å²) in [5.41, 5.74) is 4.12. The number of benzene rings is 1. The van der Waals surface area contributed by atoms with Crippen LogP contribution in [0.5, 0.6) is 0 Å². The van der Waals surface area contributed by atoms with Crippen LogP contribution >= 0.6 is 8.58 Å². The highest BCUT2D eigenvalue weighted by molar-refractivity contribution is 7.38. The summed E-state index contributed by atoms with van der Waals surface area (Å²) in [5, 5.41) is 0. The van der Waals surface area contributed by atoms with Gasteiger partial charge in [-0.25, -0.2) is 0 Å². The second-order valence-corrected chi connectivity index (χ2v) is 5.40. The number of primary amides is 1. The third kappa shape index (κ3) is 5.05. The van der Waals surface area contributed by atoms with E-state index in [1.807, 2.05) is 0 Å². The number of amides is 1. The van der Waals surface area contributed by atoms with Crippen LogP contribution in [0.1, 0.15) is 28.8 Å². The molecule has 0 spiro atoms. The third-order valence-corrected chi connectivity index (χ3v) is 3.87. The molecule has 1 fully saturated rings. The molecule has 0 radical (unpaired) electrons. The molecule has 1 aromatic carbocycles. The van der Waals surface area contributed by atoms with Crippen LogP contribution in [0.15, 0.2) is 24.3 Å². The third-order valence-electron chi connectivity index (χ3n) is 2.45. The molecule has 0 atom stereocenters. The standard InChI is InChI=1S/C8H6F3NO.C4H9P/c9-8(10,11)6-3-1-5(2-4-6)7(12)13;1-2-4-5-3-1/h1-4H,(H2,12,13);5H,1-4H2. The summed E-state index contributed by atoms with van der Waals surface area (Å²) in [4.78, 5) is 10.5. The molecule has 18 heavy (non-hydrogen) atoms. The Hall–Kier alpha value is -1.09. The molecule has 6 heteroatoms. The first-order chi connectivity index (χ1) is 8.41. The maximum atomic E-state index is 12.0. The Labute approximate surface area is 106 Å². The number of rotatable bonds is 1. The van der Waals surface area contributed by atoms with Crippen molar-refractivity contribution in [1.82, 2.24) is 0 Å². The molecule has 1 saturated heterocycles. The maximum absolute atomic E-state index is 12.0. The number of carbonyl (C=O) groups excluding carboxylic acids is 1. The lowest BCUT2D eigenvalue weighted by atomic mass is 10.1. The van der Waals surface area contributed by atoms with Crippen LogP contribution in [0.4, 0.5) is 13.2 Å². The number of hydrogen-bond donors (Lipinski definition) is 1. The lowest BCUT2D eigenvalue weighted by molar-refractivity contribution is -0.137. The number of alkyl halides is 3. The molecule has 1 aliphatic heterocycles. The van der Waals surface area contributed by atoms with E-state index < -0.39 is 17.6 Å². The van der Waals surface area contributed by atoms with Crippen LogP contribution in [-0.4, -0.2) is 18.2 Å². The maximum Gasteiger partial charge on any atom is 0.416 e. The van der Waals surface area contributed by atoms with Crippen molar-refractivity contribution in [2.45, 2.75) is 19.0 Å². The largest absolute Gasteiger partial charge is 0.416 e. The van der Waals surface area contributed by atoms with E-state index >= 15 is 0 Å². The predicted molar refractivity (Wildman–Crippen MR) is 67.2 cm³/mol. The van der Waals surface area contributed by atoms with Gasteiger partial charge in [0.2, 0.25) is 5.91 Å². The first kappa shape index (κ1) is 15.0. The molecule has 1 aromatic rings. The summed E-state index contributed by atoms with van der Waals surface area (Å²) in [6.07, 6.45) is 1.70. The van der Waals surface area contributed by atoms with Gasteiger partial charge in [0.1, 0.15) is 0 Å². The van der Waals surface area contributed by atoms with Gasteiger partial charge in [0.25, 0.3) is 0 Å². The van der Waals surface area contributed by atoms with Crippen molar-refractivity contribution in [2.24, 2.45) is 5.73 Å². The zero-order valence-corrected chi connectivity index (χ0v) is 10.8. The normalized spacial score (nSPS) is 14.8. The van der Waals surface area contributed by atoms with Gasteiger partial charge in [-0.1, -0.05) is 0 Å². The van der Waals surface area contributed by atoms with E-state index in [1.54, 1.807) is 0 Å². The van der Waals surface area contributed by atoms with E-state index in [2.05, 4.69) is 0 Å². The van der Waals surface area contributed by atoms with Crippen molar-refractivity contribution in [3.63, 3.8) is 0 Å². The highest BCUT2D eigenvalue weighted by Gasteiger charge is 2.30. The summed E-state index contributed by atoms with van der Waals surface area (Å²) in [7, 11) is 1.31. The Morgan fingerprint density at radius 3 is 1.89 bits per heavy atom. The van der Waals surface area contributed by atoms with Gasteiger partial charge in [-0.15, -0.1) is 8.58 Å². The van der Waals surface area contributed by atoms with Gasteiger partial charge in [0.15, 0.2) is 0 Å². The van der Waals surface area contributed by atoms with E-state index in [1.165, 1.54) is 33.7 Å². The Kier molecular flexibility index (Phi) is 5.60. The van der Waals surface area contributed by atoms with E-state index in [9.17, 15) is 18.0 Å². The second kappa shape index (κ2) is 6.74. The minimum Gasteiger partial charge on any atom is -0.366 e. The van der Waals surface area contributed by atoms with E-state index in [0.717, 1.165) is 24.3 Å². The number of nitrogens with two attached hydrogens (primary N) is 1. The average molecular weight is 277 g/mol. The Balaban J connectivity index is 0.000000269. The summed E-state index contributed by atoms with van der Waals surface area (Å²) in [5.74, 6) is -0.742. The van der Waals surface area contributed by atoms with E-state index in [-0.39, 0.29) is 5.56 Å². The van der Waals surface area contributed by atoms with Gasteiger partial charge in [0, 0.05) is 5.56 Å². The lowest BCUT2D eigenvalue weighted by Gasteiger charge is -2.05. The topological polar surface area (TPSA) is 43.1 Å². The van der Waals surface area contributed by atoms with Crippen molar-refractivity contribution >= 4 is 14.5 Å². The molecule has 1 heterocycles. The van der Waals surface area contributed by atoms with Crippen molar-refractivity contribution in [2.75, 3.05) is 12.3 Å². The summed E-state index contributed by atoms with van der Waals surface area (Å²) < 4.78 is 36.0. The minimum atomic E-state index is -4.38. The second-order valence-electron chi connectivity index (χ2n) is 3.90. The fourth-order valence-corrected chi connectivity index (χ4v) is 2.70. The van der Waals surface area contributed by atoms with Crippen LogP contribution in [0.25, 0.3) is 0 Å². The molecule has 0 saturated carbocycles. The minimum absolute atomic E-state index is 0.0630. The van der Waals surface area contributed by atoms with Gasteiger partial charge in [-0.3, -0.25) is 4.79 Å². The van der Waals surface area contributed by atoms with Gasteiger partial charge in [-0.2, -0.15) is 13.2 Å². The molecule has 0 unspecified atom stereocenters.